The second kappa shape index (κ2) is 16.2. The van der Waals surface area contributed by atoms with Gasteiger partial charge >= 0.3 is 6.09 Å². The molecule has 4 N–H and O–H groups in total. The van der Waals surface area contributed by atoms with Crippen molar-refractivity contribution in [3.63, 3.8) is 0 Å². The first kappa shape index (κ1) is 35.8. The van der Waals surface area contributed by atoms with E-state index in [0.29, 0.717) is 28.8 Å². The molecule has 0 fully saturated rings. The highest BCUT2D eigenvalue weighted by molar-refractivity contribution is 6.00. The summed E-state index contributed by atoms with van der Waals surface area (Å²) in [5.74, 6) is -0.743. The molecule has 0 bridgehead atoms. The number of nitrogens with zero attached hydrogens (tertiary/aromatic N) is 1. The zero-order valence-electron chi connectivity index (χ0n) is 28.5. The highest BCUT2D eigenvalue weighted by Crippen LogP contribution is 2.30. The maximum Gasteiger partial charge on any atom is 0.408 e. The first-order valence-corrected chi connectivity index (χ1v) is 16.5. The van der Waals surface area contributed by atoms with Crippen LogP contribution in [0.3, 0.4) is 0 Å². The van der Waals surface area contributed by atoms with Crippen LogP contribution in [0.25, 0.3) is 10.8 Å². The normalized spacial score (nSPS) is 12.6. The highest BCUT2D eigenvalue weighted by Gasteiger charge is 2.36. The van der Waals surface area contributed by atoms with E-state index < -0.39 is 35.6 Å². The van der Waals surface area contributed by atoms with Crippen LogP contribution in [0.2, 0.25) is 0 Å². The first-order valence-electron chi connectivity index (χ1n) is 16.5. The molecule has 2 atom stereocenters. The Hall–Kier alpha value is -5.05. The lowest BCUT2D eigenvalue weighted by Crippen LogP contribution is -2.53. The Balaban J connectivity index is 1.77. The lowest BCUT2D eigenvalue weighted by atomic mass is 9.98. The summed E-state index contributed by atoms with van der Waals surface area (Å²) in [6, 6.07) is 22.6. The van der Waals surface area contributed by atoms with E-state index in [9.17, 15) is 24.6 Å². The van der Waals surface area contributed by atoms with Crippen molar-refractivity contribution in [3.05, 3.63) is 102 Å². The molecular weight excluding hydrogens is 606 g/mol. The quantitative estimate of drug-likeness (QED) is 0.109. The molecule has 254 valence electrons. The Morgan fingerprint density at radius 3 is 2.23 bits per heavy atom. The third kappa shape index (κ3) is 9.97. The van der Waals surface area contributed by atoms with Crippen LogP contribution in [0.1, 0.15) is 76.1 Å². The molecule has 0 radical (unpaired) electrons. The van der Waals surface area contributed by atoms with E-state index in [4.69, 9.17) is 4.74 Å². The van der Waals surface area contributed by atoms with E-state index in [-0.39, 0.29) is 24.5 Å². The van der Waals surface area contributed by atoms with Gasteiger partial charge in [0.05, 0.1) is 0 Å². The highest BCUT2D eigenvalue weighted by atomic mass is 16.6. The molecule has 9 heteroatoms. The number of nitrogens with one attached hydrogen (secondary N) is 2. The topological polar surface area (TPSA) is 128 Å². The van der Waals surface area contributed by atoms with Crippen molar-refractivity contribution in [2.45, 2.75) is 84.4 Å². The van der Waals surface area contributed by atoms with Crippen molar-refractivity contribution in [2.24, 2.45) is 0 Å². The number of benzene rings is 4. The monoisotopic (exact) mass is 653 g/mol. The SMILES string of the molecule is CCCCCCN(C(=O)C(Cc1ccc(O)cc1)NC(=O)OC(C)(C)C)C(C(=O)Nc1ccc2ccccc2c1)c1ccc(O)c(C)c1. The summed E-state index contributed by atoms with van der Waals surface area (Å²) in [6.07, 6.45) is 2.76. The van der Waals surface area contributed by atoms with Gasteiger partial charge in [0.25, 0.3) is 5.91 Å². The van der Waals surface area contributed by atoms with Crippen molar-refractivity contribution in [1.82, 2.24) is 10.2 Å². The summed E-state index contributed by atoms with van der Waals surface area (Å²) < 4.78 is 5.54. The van der Waals surface area contributed by atoms with Gasteiger partial charge in [-0.15, -0.1) is 0 Å². The Morgan fingerprint density at radius 2 is 1.56 bits per heavy atom. The summed E-state index contributed by atoms with van der Waals surface area (Å²) in [7, 11) is 0. The van der Waals surface area contributed by atoms with Gasteiger partial charge in [-0.3, -0.25) is 9.59 Å². The number of ether oxygens (including phenoxy) is 1. The van der Waals surface area contributed by atoms with Gasteiger partial charge in [-0.1, -0.05) is 74.7 Å². The maximum absolute atomic E-state index is 14.8. The van der Waals surface area contributed by atoms with Gasteiger partial charge in [-0.2, -0.15) is 0 Å². The fraction of sp³-hybridized carbons (Fsp3) is 0.359. The van der Waals surface area contributed by atoms with Crippen LogP contribution >= 0.6 is 0 Å². The van der Waals surface area contributed by atoms with Crippen LogP contribution in [-0.2, 0) is 20.7 Å². The van der Waals surface area contributed by atoms with Crippen molar-refractivity contribution in [3.8, 4) is 11.5 Å². The second-order valence-corrected chi connectivity index (χ2v) is 13.2. The zero-order chi connectivity index (χ0) is 34.8. The average Bonchev–Trinajstić information content (AvgIpc) is 3.03. The number of aryl methyl sites for hydroxylation is 1. The lowest BCUT2D eigenvalue weighted by molar-refractivity contribution is -0.140. The van der Waals surface area contributed by atoms with Gasteiger partial charge in [-0.25, -0.2) is 4.79 Å². The minimum Gasteiger partial charge on any atom is -0.508 e. The minimum absolute atomic E-state index is 0.0741. The predicted molar refractivity (Wildman–Crippen MR) is 189 cm³/mol. The number of unbranched alkanes of at least 4 members (excludes halogenated alkanes) is 3. The Kier molecular flexibility index (Phi) is 12.1. The van der Waals surface area contributed by atoms with Gasteiger partial charge in [-0.05, 0) is 98.0 Å². The molecule has 0 saturated carbocycles. The fourth-order valence-electron chi connectivity index (χ4n) is 5.59. The summed E-state index contributed by atoms with van der Waals surface area (Å²) in [6.45, 7) is 9.30. The molecule has 0 saturated heterocycles. The lowest BCUT2D eigenvalue weighted by Gasteiger charge is -2.35. The molecule has 0 spiro atoms. The van der Waals surface area contributed by atoms with Crippen molar-refractivity contribution >= 4 is 34.4 Å². The van der Waals surface area contributed by atoms with Crippen LogP contribution in [0.15, 0.2) is 84.9 Å². The van der Waals surface area contributed by atoms with Crippen molar-refractivity contribution in [1.29, 1.82) is 0 Å². The van der Waals surface area contributed by atoms with Gasteiger partial charge in [0.2, 0.25) is 5.91 Å². The van der Waals surface area contributed by atoms with Crippen LogP contribution in [-0.4, -0.2) is 51.2 Å². The van der Waals surface area contributed by atoms with Crippen LogP contribution in [0.5, 0.6) is 11.5 Å². The summed E-state index contributed by atoms with van der Waals surface area (Å²) >= 11 is 0. The molecule has 2 unspecified atom stereocenters. The smallest absolute Gasteiger partial charge is 0.408 e. The molecule has 0 aromatic heterocycles. The third-order valence-corrected chi connectivity index (χ3v) is 8.01. The largest absolute Gasteiger partial charge is 0.508 e. The Morgan fingerprint density at radius 1 is 0.854 bits per heavy atom. The van der Waals surface area contributed by atoms with Crippen LogP contribution < -0.4 is 10.6 Å². The summed E-state index contributed by atoms with van der Waals surface area (Å²) in [5.41, 5.74) is 1.55. The molecule has 48 heavy (non-hydrogen) atoms. The molecule has 0 aliphatic rings. The van der Waals surface area contributed by atoms with Crippen molar-refractivity contribution in [2.75, 3.05) is 11.9 Å². The fourth-order valence-corrected chi connectivity index (χ4v) is 5.59. The van der Waals surface area contributed by atoms with E-state index in [1.54, 1.807) is 52.0 Å². The maximum atomic E-state index is 14.8. The first-order chi connectivity index (χ1) is 22.8. The Bertz CT molecular complexity index is 1710. The van der Waals surface area contributed by atoms with E-state index in [0.717, 1.165) is 30.0 Å². The average molecular weight is 654 g/mol. The van der Waals surface area contributed by atoms with Crippen LogP contribution in [0.4, 0.5) is 10.5 Å². The van der Waals surface area contributed by atoms with Gasteiger partial charge in [0.15, 0.2) is 0 Å². The zero-order valence-corrected chi connectivity index (χ0v) is 28.5. The standard InChI is InChI=1S/C39H47N3O6/c1-6-7-8-11-22-42(37(46)33(41-38(47)48-39(3,4)5)24-27-14-19-32(43)20-15-27)35(30-17-21-34(44)26(2)23-30)36(45)40-31-18-16-28-12-9-10-13-29(28)25-31/h9-10,12-21,23,25,33,35,43-44H,6-8,11,22,24H2,1-5H3,(H,40,45)(H,41,47). The van der Waals surface area contributed by atoms with E-state index in [2.05, 4.69) is 17.6 Å². The molecule has 4 rings (SSSR count). The number of rotatable bonds is 13. The second-order valence-electron chi connectivity index (χ2n) is 13.2. The Labute approximate surface area is 282 Å². The number of anilines is 1. The number of aromatic hydroxyl groups is 2. The molecule has 0 heterocycles. The molecule has 0 aliphatic carbocycles. The number of carbonyl (C=O) groups is 3. The number of carbonyl (C=O) groups excluding carboxylic acids is 3. The number of phenolic OH excluding ortho intramolecular Hbond substituents is 2. The number of hydrogen-bond acceptors (Lipinski definition) is 6. The summed E-state index contributed by atoms with van der Waals surface area (Å²) in [4.78, 5) is 43.8. The number of amides is 3. The van der Waals surface area contributed by atoms with E-state index >= 15 is 0 Å². The minimum atomic E-state index is -1.09. The molecule has 0 aliphatic heterocycles. The molecule has 9 nitrogen and oxygen atoms in total. The van der Waals surface area contributed by atoms with E-state index in [1.807, 2.05) is 42.5 Å². The van der Waals surface area contributed by atoms with E-state index in [1.165, 1.54) is 23.1 Å². The summed E-state index contributed by atoms with van der Waals surface area (Å²) in [5, 5.41) is 28.0. The predicted octanol–water partition coefficient (Wildman–Crippen LogP) is 7.78. The van der Waals surface area contributed by atoms with Gasteiger partial charge in [0.1, 0.15) is 29.2 Å². The number of phenols is 2. The van der Waals surface area contributed by atoms with Gasteiger partial charge < -0.3 is 30.5 Å². The van der Waals surface area contributed by atoms with Gasteiger partial charge in [0, 0.05) is 18.7 Å². The number of fused-ring (bicyclic) bond motifs is 1. The third-order valence-electron chi connectivity index (χ3n) is 8.01. The molecule has 4 aromatic carbocycles. The van der Waals surface area contributed by atoms with Crippen LogP contribution in [0, 0.1) is 6.92 Å². The number of hydrogen-bond donors (Lipinski definition) is 4. The molecule has 4 aromatic rings. The van der Waals surface area contributed by atoms with Crippen molar-refractivity contribution < 1.29 is 29.3 Å². The molecule has 3 amide bonds. The molecular formula is C39H47N3O6. The number of alkyl carbamates (subject to hydrolysis) is 1.